The number of nitrogens with zero attached hydrogens (tertiary/aromatic N) is 7. The van der Waals surface area contributed by atoms with Crippen molar-refractivity contribution in [1.29, 1.82) is 0 Å². The Morgan fingerprint density at radius 3 is 2.81 bits per heavy atom. The summed E-state index contributed by atoms with van der Waals surface area (Å²) in [5.74, 6) is 1.33. The molecule has 2 rings (SSSR count). The predicted molar refractivity (Wildman–Crippen MR) is 78.5 cm³/mol. The Balaban J connectivity index is 2.32. The molecule has 21 heavy (non-hydrogen) atoms. The fraction of sp³-hybridized carbons (Fsp3) is 0.583. The van der Waals surface area contributed by atoms with Crippen LogP contribution in [0.3, 0.4) is 0 Å². The zero-order chi connectivity index (χ0) is 15.2. The quantitative estimate of drug-likeness (QED) is 0.740. The fourth-order valence-corrected chi connectivity index (χ4v) is 1.73. The monoisotopic (exact) mass is 292 g/mol. The summed E-state index contributed by atoms with van der Waals surface area (Å²) in [6.07, 6.45) is 3.43. The summed E-state index contributed by atoms with van der Waals surface area (Å²) in [5.41, 5.74) is 0. The second-order valence-corrected chi connectivity index (χ2v) is 4.76. The van der Waals surface area contributed by atoms with Gasteiger partial charge in [-0.3, -0.25) is 0 Å². The van der Waals surface area contributed by atoms with Gasteiger partial charge in [-0.15, -0.1) is 0 Å². The van der Waals surface area contributed by atoms with Crippen LogP contribution in [0.15, 0.2) is 12.7 Å². The lowest BCUT2D eigenvalue weighted by Gasteiger charge is -2.19. The van der Waals surface area contributed by atoms with E-state index in [-0.39, 0.29) is 0 Å². The molecule has 1 atom stereocenters. The number of rotatable bonds is 7. The first kappa shape index (κ1) is 15.1. The number of nitrogens with one attached hydrogen (secondary N) is 1. The van der Waals surface area contributed by atoms with Gasteiger partial charge in [0.25, 0.3) is 5.95 Å². The van der Waals surface area contributed by atoms with Crippen molar-refractivity contribution in [3.63, 3.8) is 0 Å². The number of anilines is 2. The van der Waals surface area contributed by atoms with Gasteiger partial charge in [0.2, 0.25) is 11.9 Å². The largest absolute Gasteiger partial charge is 0.392 e. The van der Waals surface area contributed by atoms with Crippen molar-refractivity contribution in [2.75, 3.05) is 30.4 Å². The van der Waals surface area contributed by atoms with Crippen LogP contribution in [0, 0.1) is 0 Å². The van der Waals surface area contributed by atoms with Gasteiger partial charge in [-0.1, -0.05) is 6.92 Å². The summed E-state index contributed by atoms with van der Waals surface area (Å²) >= 11 is 0. The Bertz CT molecular complexity index is 556. The number of aromatic nitrogens is 6. The molecule has 0 aliphatic rings. The molecule has 0 radical (unpaired) electrons. The van der Waals surface area contributed by atoms with Crippen molar-refractivity contribution in [2.45, 2.75) is 26.4 Å². The molecular weight excluding hydrogens is 272 g/mol. The molecule has 9 nitrogen and oxygen atoms in total. The molecule has 0 fully saturated rings. The summed E-state index contributed by atoms with van der Waals surface area (Å²) in [4.78, 5) is 18.7. The second-order valence-electron chi connectivity index (χ2n) is 4.76. The summed E-state index contributed by atoms with van der Waals surface area (Å²) in [7, 11) is 1.82. The molecule has 1 unspecified atom stereocenters. The molecule has 0 saturated carbocycles. The van der Waals surface area contributed by atoms with Crippen molar-refractivity contribution >= 4 is 11.9 Å². The number of likely N-dealkylation sites (N-methyl/N-ethyl adjacent to an activating group) is 1. The van der Waals surface area contributed by atoms with Crippen LogP contribution in [-0.2, 0) is 0 Å². The van der Waals surface area contributed by atoms with Crippen molar-refractivity contribution in [3.8, 4) is 5.95 Å². The van der Waals surface area contributed by atoms with E-state index in [1.54, 1.807) is 11.8 Å². The molecule has 0 aliphatic carbocycles. The smallest absolute Gasteiger partial charge is 0.258 e. The third-order valence-electron chi connectivity index (χ3n) is 2.65. The fourth-order valence-electron chi connectivity index (χ4n) is 1.73. The lowest BCUT2D eigenvalue weighted by Crippen LogP contribution is -2.29. The highest BCUT2D eigenvalue weighted by Crippen LogP contribution is 2.12. The molecule has 0 aliphatic heterocycles. The van der Waals surface area contributed by atoms with Crippen molar-refractivity contribution in [2.24, 2.45) is 0 Å². The van der Waals surface area contributed by atoms with Crippen molar-refractivity contribution < 1.29 is 5.11 Å². The van der Waals surface area contributed by atoms with Crippen LogP contribution >= 0.6 is 0 Å². The molecule has 0 aromatic carbocycles. The van der Waals surface area contributed by atoms with E-state index in [9.17, 15) is 5.11 Å². The highest BCUT2D eigenvalue weighted by Gasteiger charge is 2.13. The highest BCUT2D eigenvalue weighted by molar-refractivity contribution is 5.39. The molecular formula is C12H20N8O. The Morgan fingerprint density at radius 2 is 2.19 bits per heavy atom. The van der Waals surface area contributed by atoms with E-state index in [1.165, 1.54) is 17.3 Å². The van der Waals surface area contributed by atoms with Crippen LogP contribution in [0.5, 0.6) is 0 Å². The second kappa shape index (κ2) is 6.93. The van der Waals surface area contributed by atoms with E-state index < -0.39 is 6.10 Å². The van der Waals surface area contributed by atoms with E-state index >= 15 is 0 Å². The molecule has 9 heteroatoms. The molecule has 0 saturated heterocycles. The zero-order valence-electron chi connectivity index (χ0n) is 12.4. The minimum atomic E-state index is -0.478. The molecule has 0 spiro atoms. The minimum Gasteiger partial charge on any atom is -0.392 e. The maximum Gasteiger partial charge on any atom is 0.258 e. The van der Waals surface area contributed by atoms with E-state index in [0.717, 1.165) is 13.0 Å². The number of aliphatic hydroxyl groups is 1. The molecule has 0 bridgehead atoms. The Kier molecular flexibility index (Phi) is 4.99. The van der Waals surface area contributed by atoms with Gasteiger partial charge in [0.1, 0.15) is 12.7 Å². The number of hydrogen-bond acceptors (Lipinski definition) is 8. The summed E-state index contributed by atoms with van der Waals surface area (Å²) < 4.78 is 1.47. The molecule has 0 amide bonds. The van der Waals surface area contributed by atoms with E-state index in [2.05, 4.69) is 37.3 Å². The predicted octanol–water partition coefficient (Wildman–Crippen LogP) is 0.0912. The number of aliphatic hydroxyl groups excluding tert-OH is 1. The van der Waals surface area contributed by atoms with Gasteiger partial charge in [0.15, 0.2) is 0 Å². The molecule has 2 aromatic rings. The number of hydrogen-bond donors (Lipinski definition) is 2. The van der Waals surface area contributed by atoms with Crippen molar-refractivity contribution in [1.82, 2.24) is 29.7 Å². The van der Waals surface area contributed by atoms with Crippen LogP contribution in [0.4, 0.5) is 11.9 Å². The Hall–Kier alpha value is -2.29. The van der Waals surface area contributed by atoms with Gasteiger partial charge >= 0.3 is 0 Å². The summed E-state index contributed by atoms with van der Waals surface area (Å²) in [6.45, 7) is 4.97. The third-order valence-corrected chi connectivity index (χ3v) is 2.65. The molecule has 2 N–H and O–H groups in total. The van der Waals surface area contributed by atoms with Gasteiger partial charge in [-0.25, -0.2) is 4.98 Å². The maximum absolute atomic E-state index is 9.49. The first-order chi connectivity index (χ1) is 10.1. The van der Waals surface area contributed by atoms with E-state index in [1.807, 2.05) is 7.05 Å². The van der Waals surface area contributed by atoms with Crippen LogP contribution in [0.1, 0.15) is 20.3 Å². The first-order valence-corrected chi connectivity index (χ1v) is 6.84. The Labute approximate surface area is 123 Å². The van der Waals surface area contributed by atoms with Crippen LogP contribution in [-0.4, -0.2) is 61.1 Å². The average molecular weight is 292 g/mol. The van der Waals surface area contributed by atoms with Gasteiger partial charge in [0, 0.05) is 20.1 Å². The third kappa shape index (κ3) is 4.09. The van der Waals surface area contributed by atoms with Gasteiger partial charge in [-0.2, -0.15) is 24.7 Å². The Morgan fingerprint density at radius 1 is 1.38 bits per heavy atom. The molecule has 2 heterocycles. The SMILES string of the molecule is CCCNc1nc(N(C)CC(C)O)nc(-n2cncn2)n1. The summed E-state index contributed by atoms with van der Waals surface area (Å²) in [6, 6.07) is 0. The lowest BCUT2D eigenvalue weighted by molar-refractivity contribution is 0.201. The highest BCUT2D eigenvalue weighted by atomic mass is 16.3. The van der Waals surface area contributed by atoms with Crippen molar-refractivity contribution in [3.05, 3.63) is 12.7 Å². The zero-order valence-corrected chi connectivity index (χ0v) is 12.4. The summed E-state index contributed by atoms with van der Waals surface area (Å²) in [5, 5.41) is 16.7. The van der Waals surface area contributed by atoms with Gasteiger partial charge in [-0.05, 0) is 13.3 Å². The maximum atomic E-state index is 9.49. The standard InChI is InChI=1S/C12H20N8O/c1-4-5-14-10-16-11(19(3)6-9(2)21)18-12(17-10)20-8-13-7-15-20/h7-9,21H,4-6H2,1-3H3,(H,14,16,17,18). The minimum absolute atomic E-state index is 0.383. The van der Waals surface area contributed by atoms with Gasteiger partial charge < -0.3 is 15.3 Å². The van der Waals surface area contributed by atoms with E-state index in [4.69, 9.17) is 0 Å². The van der Waals surface area contributed by atoms with Gasteiger partial charge in [0.05, 0.1) is 6.10 Å². The van der Waals surface area contributed by atoms with Crippen LogP contribution < -0.4 is 10.2 Å². The molecule has 114 valence electrons. The topological polar surface area (TPSA) is 105 Å². The average Bonchev–Trinajstić information content (AvgIpc) is 2.98. The first-order valence-electron chi connectivity index (χ1n) is 6.84. The van der Waals surface area contributed by atoms with E-state index in [0.29, 0.717) is 24.4 Å². The lowest BCUT2D eigenvalue weighted by atomic mass is 10.4. The normalized spacial score (nSPS) is 12.2. The van der Waals surface area contributed by atoms with Crippen LogP contribution in [0.25, 0.3) is 5.95 Å². The van der Waals surface area contributed by atoms with Crippen LogP contribution in [0.2, 0.25) is 0 Å². The molecule has 2 aromatic heterocycles.